The standard InChI is InChI=1S/C58H36N2OS/c1-3-16-44-38(12-1)14-9-20-45(44)40-28-33-43(34-29-40)59(51-24-10-15-39-13-2-4-17-46(39)51)42-31-26-37(27-32-42)41-30-35-54-53(36-41)60-52-23-7-5-19-49(52)56(58(60)61-54)50-22-11-21-48-47-18-6-8-25-55(47)62-57(48)50/h1-36H. The molecule has 13 rings (SSSR count). The summed E-state index contributed by atoms with van der Waals surface area (Å²) in [5.41, 5.74) is 14.3. The van der Waals surface area contributed by atoms with E-state index >= 15 is 0 Å². The van der Waals surface area contributed by atoms with E-state index in [1.54, 1.807) is 0 Å². The third kappa shape index (κ3) is 5.37. The van der Waals surface area contributed by atoms with Crippen LogP contribution in [-0.4, -0.2) is 4.40 Å². The van der Waals surface area contributed by atoms with Crippen LogP contribution in [-0.2, 0) is 0 Å². The van der Waals surface area contributed by atoms with E-state index in [1.165, 1.54) is 63.8 Å². The Kier molecular flexibility index (Phi) is 7.78. The van der Waals surface area contributed by atoms with Gasteiger partial charge in [-0.05, 0) is 93.0 Å². The Morgan fingerprint density at radius 3 is 1.79 bits per heavy atom. The lowest BCUT2D eigenvalue weighted by Crippen LogP contribution is -2.10. The molecule has 0 saturated heterocycles. The Bertz CT molecular complexity index is 3860. The first-order valence-corrected chi connectivity index (χ1v) is 21.9. The number of aromatic nitrogens is 1. The molecule has 62 heavy (non-hydrogen) atoms. The molecule has 0 bridgehead atoms. The molecule has 0 unspecified atom stereocenters. The van der Waals surface area contributed by atoms with Crippen LogP contribution in [0.4, 0.5) is 17.1 Å². The van der Waals surface area contributed by atoms with Gasteiger partial charge < -0.3 is 9.32 Å². The monoisotopic (exact) mass is 808 g/mol. The first-order chi connectivity index (χ1) is 30.7. The van der Waals surface area contributed by atoms with Gasteiger partial charge in [0, 0.05) is 47.9 Å². The second-order valence-corrected chi connectivity index (χ2v) is 17.1. The highest BCUT2D eigenvalue weighted by atomic mass is 32.1. The van der Waals surface area contributed by atoms with E-state index in [0.29, 0.717) is 0 Å². The van der Waals surface area contributed by atoms with Crippen molar-refractivity contribution >= 4 is 97.8 Å². The van der Waals surface area contributed by atoms with Crippen LogP contribution in [0.2, 0.25) is 0 Å². The number of rotatable bonds is 6. The van der Waals surface area contributed by atoms with Gasteiger partial charge in [0.2, 0.25) is 5.71 Å². The van der Waals surface area contributed by atoms with Gasteiger partial charge in [0.25, 0.3) is 0 Å². The minimum atomic E-state index is 0.866. The van der Waals surface area contributed by atoms with Crippen LogP contribution < -0.4 is 4.90 Å². The fourth-order valence-corrected chi connectivity index (χ4v) is 10.9. The maximum atomic E-state index is 6.84. The molecule has 290 valence electrons. The van der Waals surface area contributed by atoms with Crippen molar-refractivity contribution in [2.24, 2.45) is 0 Å². The molecule has 0 atom stereocenters. The molecule has 0 fully saturated rings. The van der Waals surface area contributed by atoms with Gasteiger partial charge in [-0.3, -0.25) is 4.40 Å². The van der Waals surface area contributed by atoms with Crippen LogP contribution in [0.15, 0.2) is 223 Å². The molecular weight excluding hydrogens is 773 g/mol. The summed E-state index contributed by atoms with van der Waals surface area (Å²) in [6.07, 6.45) is 0. The SMILES string of the molecule is c1ccc2c(-c3ccc(N(c4ccc(-c5ccc6oc7c(-c8cccc9c8sc8ccccc89)c8ccccc8n7c6c5)cc4)c4cccc5ccccc45)cc3)cccc2c1. The van der Waals surface area contributed by atoms with E-state index in [2.05, 4.69) is 228 Å². The second kappa shape index (κ2) is 13.8. The Hall–Kier alpha value is -7.92. The van der Waals surface area contributed by atoms with Gasteiger partial charge >= 0.3 is 0 Å². The Morgan fingerprint density at radius 1 is 0.403 bits per heavy atom. The van der Waals surface area contributed by atoms with Crippen LogP contribution in [0.5, 0.6) is 0 Å². The molecule has 13 aromatic rings. The number of anilines is 3. The van der Waals surface area contributed by atoms with Crippen LogP contribution in [0.3, 0.4) is 0 Å². The smallest absolute Gasteiger partial charge is 0.213 e. The molecule has 0 aliphatic rings. The van der Waals surface area contributed by atoms with E-state index in [-0.39, 0.29) is 0 Å². The van der Waals surface area contributed by atoms with Crippen molar-refractivity contribution in [2.75, 3.05) is 4.90 Å². The van der Waals surface area contributed by atoms with Gasteiger partial charge in [0.15, 0.2) is 5.58 Å². The predicted molar refractivity (Wildman–Crippen MR) is 264 cm³/mol. The minimum absolute atomic E-state index is 0.866. The molecule has 3 nitrogen and oxygen atoms in total. The summed E-state index contributed by atoms with van der Waals surface area (Å²) < 4.78 is 11.7. The van der Waals surface area contributed by atoms with Gasteiger partial charge in [0.05, 0.1) is 22.3 Å². The molecule has 0 amide bonds. The maximum absolute atomic E-state index is 6.84. The van der Waals surface area contributed by atoms with E-state index in [9.17, 15) is 0 Å². The largest absolute Gasteiger partial charge is 0.438 e. The van der Waals surface area contributed by atoms with Gasteiger partial charge in [-0.2, -0.15) is 0 Å². The molecule has 0 spiro atoms. The van der Waals surface area contributed by atoms with Crippen molar-refractivity contribution in [1.82, 2.24) is 4.40 Å². The molecule has 3 aromatic heterocycles. The van der Waals surface area contributed by atoms with Crippen molar-refractivity contribution in [3.63, 3.8) is 0 Å². The highest BCUT2D eigenvalue weighted by Crippen LogP contribution is 2.46. The first-order valence-electron chi connectivity index (χ1n) is 21.1. The van der Waals surface area contributed by atoms with Crippen molar-refractivity contribution < 1.29 is 4.42 Å². The zero-order valence-corrected chi connectivity index (χ0v) is 34.3. The summed E-state index contributed by atoms with van der Waals surface area (Å²) in [5.74, 6) is 0. The Morgan fingerprint density at radius 2 is 0.984 bits per heavy atom. The number of fused-ring (bicyclic) bond motifs is 10. The molecule has 0 saturated carbocycles. The second-order valence-electron chi connectivity index (χ2n) is 16.1. The van der Waals surface area contributed by atoms with Crippen LogP contribution >= 0.6 is 11.3 Å². The molecule has 10 aromatic carbocycles. The number of para-hydroxylation sites is 1. The van der Waals surface area contributed by atoms with Crippen molar-refractivity contribution in [1.29, 1.82) is 0 Å². The highest BCUT2D eigenvalue weighted by molar-refractivity contribution is 7.26. The number of hydrogen-bond acceptors (Lipinski definition) is 3. The number of thiophene rings is 1. The summed E-state index contributed by atoms with van der Waals surface area (Å²) in [7, 11) is 0. The van der Waals surface area contributed by atoms with E-state index in [0.717, 1.165) is 56.1 Å². The van der Waals surface area contributed by atoms with Crippen LogP contribution in [0.1, 0.15) is 0 Å². The fraction of sp³-hybridized carbons (Fsp3) is 0. The molecule has 0 radical (unpaired) electrons. The Labute approximate surface area is 361 Å². The van der Waals surface area contributed by atoms with Gasteiger partial charge in [-0.1, -0.05) is 164 Å². The topological polar surface area (TPSA) is 20.8 Å². The van der Waals surface area contributed by atoms with Crippen molar-refractivity contribution in [2.45, 2.75) is 0 Å². The minimum Gasteiger partial charge on any atom is -0.438 e. The lowest BCUT2D eigenvalue weighted by atomic mass is 9.98. The van der Waals surface area contributed by atoms with Crippen molar-refractivity contribution in [3.8, 4) is 33.4 Å². The van der Waals surface area contributed by atoms with Crippen LogP contribution in [0, 0.1) is 0 Å². The quantitative estimate of drug-likeness (QED) is 0.167. The first kappa shape index (κ1) is 34.9. The summed E-state index contributed by atoms with van der Waals surface area (Å²) in [4.78, 5) is 2.38. The zero-order chi connectivity index (χ0) is 40.7. The number of benzene rings is 10. The van der Waals surface area contributed by atoms with Gasteiger partial charge in [-0.25, -0.2) is 0 Å². The summed E-state index contributed by atoms with van der Waals surface area (Å²) in [5, 5.41) is 8.68. The lowest BCUT2D eigenvalue weighted by Gasteiger charge is -2.27. The van der Waals surface area contributed by atoms with E-state index < -0.39 is 0 Å². The maximum Gasteiger partial charge on any atom is 0.213 e. The lowest BCUT2D eigenvalue weighted by molar-refractivity contribution is 0.658. The summed E-state index contributed by atoms with van der Waals surface area (Å²) in [6.45, 7) is 0. The number of hydrogen-bond donors (Lipinski definition) is 0. The van der Waals surface area contributed by atoms with Crippen LogP contribution in [0.25, 0.3) is 103 Å². The number of oxazole rings is 1. The third-order valence-electron chi connectivity index (χ3n) is 12.6. The molecular formula is C58H36N2OS. The van der Waals surface area contributed by atoms with Crippen molar-refractivity contribution in [3.05, 3.63) is 218 Å². The third-order valence-corrected chi connectivity index (χ3v) is 13.8. The Balaban J connectivity index is 0.924. The molecule has 4 heteroatoms. The summed E-state index contributed by atoms with van der Waals surface area (Å²) >= 11 is 1.86. The molecule has 0 aliphatic heterocycles. The molecule has 0 aliphatic carbocycles. The molecule has 3 heterocycles. The van der Waals surface area contributed by atoms with E-state index in [4.69, 9.17) is 4.42 Å². The zero-order valence-electron chi connectivity index (χ0n) is 33.5. The van der Waals surface area contributed by atoms with E-state index in [1.807, 2.05) is 11.3 Å². The average molecular weight is 809 g/mol. The summed E-state index contributed by atoms with van der Waals surface area (Å²) in [6, 6.07) is 79.1. The number of nitrogens with zero attached hydrogens (tertiary/aromatic N) is 2. The normalized spacial score (nSPS) is 11.9. The predicted octanol–water partition coefficient (Wildman–Crippen LogP) is 17.0. The highest BCUT2D eigenvalue weighted by Gasteiger charge is 2.23. The van der Waals surface area contributed by atoms with Gasteiger partial charge in [-0.15, -0.1) is 11.3 Å². The molecule has 0 N–H and O–H groups in total. The van der Waals surface area contributed by atoms with Gasteiger partial charge in [0.1, 0.15) is 0 Å². The fourth-order valence-electron chi connectivity index (χ4n) is 9.72. The average Bonchev–Trinajstić information content (AvgIpc) is 4.01.